The molecule has 0 bridgehead atoms. The number of H-pyrrole nitrogens is 1. The highest BCUT2D eigenvalue weighted by molar-refractivity contribution is 5.54. The lowest BCUT2D eigenvalue weighted by Crippen LogP contribution is -2.42. The highest BCUT2D eigenvalue weighted by atomic mass is 16.5. The third-order valence-electron chi connectivity index (χ3n) is 5.62. The minimum atomic E-state index is 0.0895. The van der Waals surface area contributed by atoms with Crippen molar-refractivity contribution in [3.63, 3.8) is 0 Å². The molecule has 1 aliphatic carbocycles. The molecular formula is C22H30N6O. The van der Waals surface area contributed by atoms with Gasteiger partial charge in [0.1, 0.15) is 5.82 Å². The van der Waals surface area contributed by atoms with Crippen molar-refractivity contribution in [2.24, 2.45) is 5.73 Å². The summed E-state index contributed by atoms with van der Waals surface area (Å²) in [5, 5.41) is 4.86. The van der Waals surface area contributed by atoms with Gasteiger partial charge in [0.25, 0.3) is 0 Å². The Morgan fingerprint density at radius 2 is 2.10 bits per heavy atom. The zero-order valence-corrected chi connectivity index (χ0v) is 17.0. The van der Waals surface area contributed by atoms with E-state index < -0.39 is 0 Å². The SMILES string of the molecule is CCCO[C@H]1C[C@@H](c2nc(-c3ccccc3)nn2CCc2cnc[nH]2)CC[C@@H]1N. The molecule has 3 aromatic rings. The Balaban J connectivity index is 1.58. The van der Waals surface area contributed by atoms with Gasteiger partial charge in [-0.1, -0.05) is 37.3 Å². The van der Waals surface area contributed by atoms with E-state index in [1.807, 2.05) is 24.4 Å². The molecule has 7 nitrogen and oxygen atoms in total. The maximum Gasteiger partial charge on any atom is 0.181 e. The second-order valence-electron chi connectivity index (χ2n) is 7.79. The van der Waals surface area contributed by atoms with Gasteiger partial charge in [-0.2, -0.15) is 5.10 Å². The summed E-state index contributed by atoms with van der Waals surface area (Å²) in [7, 11) is 0. The van der Waals surface area contributed by atoms with Crippen LogP contribution >= 0.6 is 0 Å². The van der Waals surface area contributed by atoms with Gasteiger partial charge < -0.3 is 15.5 Å². The summed E-state index contributed by atoms with van der Waals surface area (Å²) < 4.78 is 8.12. The smallest absolute Gasteiger partial charge is 0.181 e. The van der Waals surface area contributed by atoms with Crippen LogP contribution in [0.15, 0.2) is 42.9 Å². The van der Waals surface area contributed by atoms with Gasteiger partial charge >= 0.3 is 0 Å². The largest absolute Gasteiger partial charge is 0.377 e. The Morgan fingerprint density at radius 1 is 1.24 bits per heavy atom. The monoisotopic (exact) mass is 394 g/mol. The number of rotatable bonds is 8. The molecule has 1 saturated carbocycles. The van der Waals surface area contributed by atoms with Gasteiger partial charge in [0.15, 0.2) is 5.82 Å². The molecule has 4 rings (SSSR count). The van der Waals surface area contributed by atoms with E-state index in [0.29, 0.717) is 5.92 Å². The Hall–Kier alpha value is -2.51. The first-order chi connectivity index (χ1) is 14.2. The van der Waals surface area contributed by atoms with Crippen molar-refractivity contribution in [3.05, 3.63) is 54.4 Å². The summed E-state index contributed by atoms with van der Waals surface area (Å²) >= 11 is 0. The van der Waals surface area contributed by atoms with Gasteiger partial charge in [-0.3, -0.25) is 0 Å². The number of aryl methyl sites for hydroxylation is 2. The lowest BCUT2D eigenvalue weighted by Gasteiger charge is -2.33. The van der Waals surface area contributed by atoms with Crippen molar-refractivity contribution in [3.8, 4) is 11.4 Å². The summed E-state index contributed by atoms with van der Waals surface area (Å²) in [6, 6.07) is 10.3. The molecule has 3 N–H and O–H groups in total. The number of hydrogen-bond donors (Lipinski definition) is 2. The molecule has 0 aliphatic heterocycles. The zero-order chi connectivity index (χ0) is 20.1. The number of hydrogen-bond acceptors (Lipinski definition) is 5. The molecular weight excluding hydrogens is 364 g/mol. The molecule has 2 aromatic heterocycles. The number of nitrogens with zero attached hydrogens (tertiary/aromatic N) is 4. The molecule has 0 saturated heterocycles. The average molecular weight is 395 g/mol. The van der Waals surface area contributed by atoms with E-state index in [2.05, 4.69) is 33.7 Å². The van der Waals surface area contributed by atoms with E-state index in [1.54, 1.807) is 6.33 Å². The fourth-order valence-corrected chi connectivity index (χ4v) is 4.03. The number of ether oxygens (including phenoxy) is 1. The summed E-state index contributed by atoms with van der Waals surface area (Å²) in [6.45, 7) is 3.65. The van der Waals surface area contributed by atoms with Crippen molar-refractivity contribution >= 4 is 0 Å². The topological polar surface area (TPSA) is 94.6 Å². The minimum absolute atomic E-state index is 0.0895. The van der Waals surface area contributed by atoms with Gasteiger partial charge in [0, 0.05) is 49.0 Å². The van der Waals surface area contributed by atoms with E-state index in [4.69, 9.17) is 20.6 Å². The highest BCUT2D eigenvalue weighted by Crippen LogP contribution is 2.34. The van der Waals surface area contributed by atoms with Crippen molar-refractivity contribution < 1.29 is 4.74 Å². The number of nitrogens with one attached hydrogen (secondary N) is 1. The summed E-state index contributed by atoms with van der Waals surface area (Å²) in [4.78, 5) is 12.3. The zero-order valence-electron chi connectivity index (χ0n) is 17.0. The number of nitrogens with two attached hydrogens (primary N) is 1. The number of imidazole rings is 1. The van der Waals surface area contributed by atoms with Gasteiger partial charge in [-0.25, -0.2) is 14.6 Å². The van der Waals surface area contributed by atoms with Crippen molar-refractivity contribution in [1.29, 1.82) is 0 Å². The van der Waals surface area contributed by atoms with Gasteiger partial charge in [0.2, 0.25) is 0 Å². The Morgan fingerprint density at radius 3 is 2.86 bits per heavy atom. The maximum atomic E-state index is 6.34. The van der Waals surface area contributed by atoms with Crippen molar-refractivity contribution in [1.82, 2.24) is 24.7 Å². The van der Waals surface area contributed by atoms with E-state index >= 15 is 0 Å². The second-order valence-corrected chi connectivity index (χ2v) is 7.79. The van der Waals surface area contributed by atoms with E-state index in [1.165, 1.54) is 0 Å². The predicted molar refractivity (Wildman–Crippen MR) is 112 cm³/mol. The third kappa shape index (κ3) is 4.74. The van der Waals surface area contributed by atoms with Gasteiger partial charge in [-0.05, 0) is 25.7 Å². The fraction of sp³-hybridized carbons (Fsp3) is 0.500. The summed E-state index contributed by atoms with van der Waals surface area (Å²) in [6.07, 6.45) is 8.38. The highest BCUT2D eigenvalue weighted by Gasteiger charge is 2.32. The standard InChI is InChI=1S/C22H30N6O/c1-2-12-29-20-13-17(8-9-19(20)23)22-26-21(16-6-4-3-5-7-16)27-28(22)11-10-18-14-24-15-25-18/h3-7,14-15,17,19-20H,2,8-13,23H2,1H3,(H,24,25)/t17-,19-,20-/m0/s1. The first kappa shape index (κ1) is 19.8. The van der Waals surface area contributed by atoms with Gasteiger partial charge in [-0.15, -0.1) is 0 Å². The van der Waals surface area contributed by atoms with Crippen molar-refractivity contribution in [2.75, 3.05) is 6.61 Å². The molecule has 1 aromatic carbocycles. The molecule has 2 heterocycles. The van der Waals surface area contributed by atoms with E-state index in [9.17, 15) is 0 Å². The number of aromatic nitrogens is 5. The maximum absolute atomic E-state index is 6.34. The van der Waals surface area contributed by atoms with Crippen LogP contribution in [0.1, 0.15) is 50.0 Å². The van der Waals surface area contributed by atoms with Crippen LogP contribution in [0, 0.1) is 0 Å². The molecule has 7 heteroatoms. The van der Waals surface area contributed by atoms with Crippen LogP contribution in [0.5, 0.6) is 0 Å². The first-order valence-electron chi connectivity index (χ1n) is 10.6. The average Bonchev–Trinajstić information content (AvgIpc) is 3.42. The summed E-state index contributed by atoms with van der Waals surface area (Å²) in [5.74, 6) is 2.13. The third-order valence-corrected chi connectivity index (χ3v) is 5.62. The molecule has 0 spiro atoms. The first-order valence-corrected chi connectivity index (χ1v) is 10.6. The molecule has 0 amide bonds. The van der Waals surface area contributed by atoms with Crippen LogP contribution in [-0.2, 0) is 17.7 Å². The molecule has 1 aliphatic rings. The normalized spacial score (nSPS) is 22.1. The van der Waals surface area contributed by atoms with Crippen LogP contribution in [0.25, 0.3) is 11.4 Å². The predicted octanol–water partition coefficient (Wildman–Crippen LogP) is 3.30. The van der Waals surface area contributed by atoms with E-state index in [-0.39, 0.29) is 12.1 Å². The van der Waals surface area contributed by atoms with Crippen LogP contribution in [0.2, 0.25) is 0 Å². The lowest BCUT2D eigenvalue weighted by atomic mass is 9.83. The van der Waals surface area contributed by atoms with Crippen LogP contribution in [0.4, 0.5) is 0 Å². The second kappa shape index (κ2) is 9.33. The number of aromatic amines is 1. The van der Waals surface area contributed by atoms with Crippen LogP contribution < -0.4 is 5.73 Å². The minimum Gasteiger partial charge on any atom is -0.377 e. The van der Waals surface area contributed by atoms with Crippen LogP contribution in [0.3, 0.4) is 0 Å². The molecule has 0 radical (unpaired) electrons. The Bertz CT molecular complexity index is 876. The fourth-order valence-electron chi connectivity index (χ4n) is 4.03. The molecule has 154 valence electrons. The Labute approximate surface area is 171 Å². The van der Waals surface area contributed by atoms with Crippen molar-refractivity contribution in [2.45, 2.75) is 63.6 Å². The van der Waals surface area contributed by atoms with E-state index in [0.717, 1.165) is 68.2 Å². The van der Waals surface area contributed by atoms with Crippen LogP contribution in [-0.4, -0.2) is 43.5 Å². The molecule has 29 heavy (non-hydrogen) atoms. The Kier molecular flexibility index (Phi) is 6.36. The molecule has 1 fully saturated rings. The summed E-state index contributed by atoms with van der Waals surface area (Å²) in [5.41, 5.74) is 8.48. The molecule has 0 unspecified atom stereocenters. The number of benzene rings is 1. The lowest BCUT2D eigenvalue weighted by molar-refractivity contribution is 0.00861. The quantitative estimate of drug-likeness (QED) is 0.611. The molecule has 3 atom stereocenters. The van der Waals surface area contributed by atoms with Gasteiger partial charge in [0.05, 0.1) is 12.4 Å².